The van der Waals surface area contributed by atoms with Crippen molar-refractivity contribution in [2.45, 2.75) is 6.92 Å². The van der Waals surface area contributed by atoms with E-state index in [-0.39, 0.29) is 5.56 Å². The van der Waals surface area contributed by atoms with Crippen LogP contribution in [0.3, 0.4) is 0 Å². The molecule has 0 aliphatic rings. The van der Waals surface area contributed by atoms with Crippen LogP contribution in [0.1, 0.15) is 21.6 Å². The molecule has 0 aliphatic heterocycles. The Morgan fingerprint density at radius 2 is 2.21 bits per heavy atom. The average molecular weight is 275 g/mol. The van der Waals surface area contributed by atoms with Crippen molar-refractivity contribution in [1.29, 1.82) is 0 Å². The number of halogens is 1. The molecule has 0 atom stereocenters. The second kappa shape index (κ2) is 5.20. The van der Waals surface area contributed by atoms with Crippen molar-refractivity contribution >= 4 is 23.6 Å². The number of aryl methyl sites for hydroxylation is 1. The Morgan fingerprint density at radius 3 is 2.79 bits per heavy atom. The van der Waals surface area contributed by atoms with Gasteiger partial charge in [0, 0.05) is 29.2 Å². The number of carbonyl (C=O) groups is 1. The molecule has 0 saturated carbocycles. The minimum Gasteiger partial charge on any atom is -0.478 e. The summed E-state index contributed by atoms with van der Waals surface area (Å²) >= 11 is 5.86. The summed E-state index contributed by atoms with van der Waals surface area (Å²) in [6.45, 7) is 5.52. The molecule has 1 N–H and O–H groups in total. The molecule has 0 fully saturated rings. The van der Waals surface area contributed by atoms with E-state index in [0.29, 0.717) is 27.5 Å². The van der Waals surface area contributed by atoms with Crippen molar-refractivity contribution in [2.75, 3.05) is 0 Å². The maximum atomic E-state index is 11.3. The van der Waals surface area contributed by atoms with Crippen molar-refractivity contribution in [3.63, 3.8) is 0 Å². The first kappa shape index (κ1) is 13.2. The summed E-state index contributed by atoms with van der Waals surface area (Å²) in [4.78, 5) is 19.3. The van der Waals surface area contributed by atoms with Gasteiger partial charge in [-0.15, -0.1) is 0 Å². The smallest absolute Gasteiger partial charge is 0.337 e. The molecule has 0 aliphatic carbocycles. The first-order chi connectivity index (χ1) is 9.04. The van der Waals surface area contributed by atoms with Gasteiger partial charge in [-0.2, -0.15) is 0 Å². The molecule has 19 heavy (non-hydrogen) atoms. The topological polar surface area (TPSA) is 63.1 Å². The third-order valence-electron chi connectivity index (χ3n) is 2.77. The quantitative estimate of drug-likeness (QED) is 0.871. The van der Waals surface area contributed by atoms with E-state index in [2.05, 4.69) is 16.5 Å². The van der Waals surface area contributed by atoms with E-state index < -0.39 is 5.97 Å². The van der Waals surface area contributed by atoms with Crippen LogP contribution in [0.2, 0.25) is 5.15 Å². The maximum absolute atomic E-state index is 11.3. The van der Waals surface area contributed by atoms with Crippen LogP contribution in [0.15, 0.2) is 31.1 Å². The highest BCUT2D eigenvalue weighted by Crippen LogP contribution is 2.30. The lowest BCUT2D eigenvalue weighted by molar-refractivity contribution is 0.0697. The Balaban J connectivity index is 2.82. The number of pyridine rings is 2. The highest BCUT2D eigenvalue weighted by Gasteiger charge is 2.17. The maximum Gasteiger partial charge on any atom is 0.337 e. The monoisotopic (exact) mass is 274 g/mol. The zero-order valence-electron chi connectivity index (χ0n) is 10.2. The van der Waals surface area contributed by atoms with Crippen LogP contribution < -0.4 is 0 Å². The molecule has 96 valence electrons. The molecular weight excluding hydrogens is 264 g/mol. The fourth-order valence-corrected chi connectivity index (χ4v) is 2.08. The summed E-state index contributed by atoms with van der Waals surface area (Å²) in [5, 5.41) is 9.59. The molecule has 0 aromatic carbocycles. The van der Waals surface area contributed by atoms with Gasteiger partial charge in [0.15, 0.2) is 0 Å². The number of rotatable bonds is 3. The molecule has 2 rings (SSSR count). The molecule has 5 heteroatoms. The van der Waals surface area contributed by atoms with Gasteiger partial charge in [-0.3, -0.25) is 4.98 Å². The Bertz CT molecular complexity index is 668. The minimum atomic E-state index is -1.04. The van der Waals surface area contributed by atoms with E-state index in [4.69, 9.17) is 11.6 Å². The van der Waals surface area contributed by atoms with Crippen LogP contribution in [0, 0.1) is 6.92 Å². The molecule has 0 radical (unpaired) electrons. The molecule has 2 aromatic rings. The third kappa shape index (κ3) is 2.48. The number of hydrogen-bond donors (Lipinski definition) is 1. The van der Waals surface area contributed by atoms with E-state index in [1.54, 1.807) is 25.1 Å². The lowest BCUT2D eigenvalue weighted by atomic mass is 9.95. The second-order valence-electron chi connectivity index (χ2n) is 3.92. The average Bonchev–Trinajstić information content (AvgIpc) is 2.37. The van der Waals surface area contributed by atoms with Crippen molar-refractivity contribution in [3.05, 3.63) is 53.1 Å². The third-order valence-corrected chi connectivity index (χ3v) is 2.97. The van der Waals surface area contributed by atoms with Crippen molar-refractivity contribution in [2.24, 2.45) is 0 Å². The number of aromatic carboxylic acids is 1. The van der Waals surface area contributed by atoms with E-state index >= 15 is 0 Å². The molecule has 0 spiro atoms. The molecule has 0 amide bonds. The molecule has 2 heterocycles. The minimum absolute atomic E-state index is 0.114. The highest BCUT2D eigenvalue weighted by atomic mass is 35.5. The Kier molecular flexibility index (Phi) is 3.62. The fourth-order valence-electron chi connectivity index (χ4n) is 1.90. The first-order valence-electron chi connectivity index (χ1n) is 5.52. The zero-order valence-corrected chi connectivity index (χ0v) is 11.0. The van der Waals surface area contributed by atoms with Crippen LogP contribution in [0.25, 0.3) is 17.2 Å². The van der Waals surface area contributed by atoms with Crippen LogP contribution in [0.4, 0.5) is 0 Å². The van der Waals surface area contributed by atoms with E-state index in [0.717, 1.165) is 0 Å². The highest BCUT2D eigenvalue weighted by molar-refractivity contribution is 6.29. The number of nitrogens with zero attached hydrogens (tertiary/aromatic N) is 2. The predicted molar refractivity (Wildman–Crippen MR) is 74.3 cm³/mol. The van der Waals surface area contributed by atoms with Gasteiger partial charge in [-0.25, -0.2) is 9.78 Å². The number of carboxylic acids is 1. The lowest BCUT2D eigenvalue weighted by Gasteiger charge is -2.12. The first-order valence-corrected chi connectivity index (χ1v) is 5.89. The van der Waals surface area contributed by atoms with Crippen LogP contribution in [-0.2, 0) is 0 Å². The van der Waals surface area contributed by atoms with Gasteiger partial charge in [0.1, 0.15) is 5.15 Å². The summed E-state index contributed by atoms with van der Waals surface area (Å²) in [7, 11) is 0. The number of carboxylic acid groups (broad SMARTS) is 1. The van der Waals surface area contributed by atoms with Gasteiger partial charge in [-0.05, 0) is 24.6 Å². The molecule has 0 bridgehead atoms. The normalized spacial score (nSPS) is 10.2. The van der Waals surface area contributed by atoms with Crippen molar-refractivity contribution < 1.29 is 9.90 Å². The number of aromatic nitrogens is 2. The van der Waals surface area contributed by atoms with Gasteiger partial charge >= 0.3 is 5.97 Å². The molecule has 0 saturated heterocycles. The summed E-state index contributed by atoms with van der Waals surface area (Å²) in [6, 6.07) is 3.33. The van der Waals surface area contributed by atoms with Gasteiger partial charge in [0.05, 0.1) is 5.56 Å². The molecule has 0 unspecified atom stereocenters. The van der Waals surface area contributed by atoms with Crippen LogP contribution in [-0.4, -0.2) is 21.0 Å². The van der Waals surface area contributed by atoms with E-state index in [9.17, 15) is 9.90 Å². The standard InChI is InChI=1S/C14H11ClN2O2/c1-3-10-8(2)17-7-11(14(18)19)13(10)9-4-5-16-12(15)6-9/h3-7H,1H2,2H3,(H,18,19). The summed E-state index contributed by atoms with van der Waals surface area (Å²) in [5.41, 5.74) is 2.74. The molecule has 2 aromatic heterocycles. The van der Waals surface area contributed by atoms with Crippen molar-refractivity contribution in [1.82, 2.24) is 9.97 Å². The summed E-state index contributed by atoms with van der Waals surface area (Å²) < 4.78 is 0. The predicted octanol–water partition coefficient (Wildman–Crippen LogP) is 3.45. The van der Waals surface area contributed by atoms with E-state index in [1.807, 2.05) is 0 Å². The second-order valence-corrected chi connectivity index (χ2v) is 4.31. The molecular formula is C14H11ClN2O2. The lowest BCUT2D eigenvalue weighted by Crippen LogP contribution is -2.04. The number of hydrogen-bond acceptors (Lipinski definition) is 3. The van der Waals surface area contributed by atoms with Crippen LogP contribution >= 0.6 is 11.6 Å². The Morgan fingerprint density at radius 1 is 1.47 bits per heavy atom. The Hall–Kier alpha value is -2.20. The van der Waals surface area contributed by atoms with Gasteiger partial charge < -0.3 is 5.11 Å². The van der Waals surface area contributed by atoms with Gasteiger partial charge in [0.25, 0.3) is 0 Å². The summed E-state index contributed by atoms with van der Waals surface area (Å²) in [5.74, 6) is -1.04. The van der Waals surface area contributed by atoms with Gasteiger partial charge in [0.2, 0.25) is 0 Å². The molecule has 4 nitrogen and oxygen atoms in total. The van der Waals surface area contributed by atoms with Crippen molar-refractivity contribution in [3.8, 4) is 11.1 Å². The SMILES string of the molecule is C=Cc1c(C)ncc(C(=O)O)c1-c1ccnc(Cl)c1. The van der Waals surface area contributed by atoms with Crippen LogP contribution in [0.5, 0.6) is 0 Å². The summed E-state index contributed by atoms with van der Waals surface area (Å²) in [6.07, 6.45) is 4.47. The Labute approximate surface area is 115 Å². The van der Waals surface area contributed by atoms with Gasteiger partial charge in [-0.1, -0.05) is 24.3 Å². The fraction of sp³-hybridized carbons (Fsp3) is 0.0714. The zero-order chi connectivity index (χ0) is 14.0. The van der Waals surface area contributed by atoms with E-state index in [1.165, 1.54) is 12.4 Å². The largest absolute Gasteiger partial charge is 0.478 e.